The van der Waals surface area contributed by atoms with Gasteiger partial charge in [-0.25, -0.2) is 18.9 Å². The summed E-state index contributed by atoms with van der Waals surface area (Å²) in [5.74, 6) is 0.455. The molecule has 2 aliphatic carbocycles. The Morgan fingerprint density at radius 1 is 1.03 bits per heavy atom. The van der Waals surface area contributed by atoms with Crippen molar-refractivity contribution < 1.29 is 14.0 Å². The maximum atomic E-state index is 13.3. The van der Waals surface area contributed by atoms with E-state index in [9.17, 15) is 14.0 Å². The van der Waals surface area contributed by atoms with Crippen molar-refractivity contribution in [2.24, 2.45) is 17.1 Å². The fourth-order valence-corrected chi connectivity index (χ4v) is 6.24. The Morgan fingerprint density at radius 3 is 2.32 bits per heavy atom. The van der Waals surface area contributed by atoms with Crippen LogP contribution in [0.15, 0.2) is 30.6 Å². The van der Waals surface area contributed by atoms with Crippen molar-refractivity contribution in [1.29, 1.82) is 0 Å². The van der Waals surface area contributed by atoms with Crippen LogP contribution in [0.2, 0.25) is 0 Å². The maximum absolute atomic E-state index is 13.3. The molecule has 2 N–H and O–H groups in total. The van der Waals surface area contributed by atoms with Gasteiger partial charge < -0.3 is 15.5 Å². The molecule has 8 nitrogen and oxygen atoms in total. The Labute approximate surface area is 198 Å². The molecule has 2 aromatic rings. The molecule has 2 saturated carbocycles. The summed E-state index contributed by atoms with van der Waals surface area (Å²) in [5.41, 5.74) is 6.69. The topological polar surface area (TPSA) is 97.3 Å². The highest BCUT2D eigenvalue weighted by atomic mass is 19.1. The van der Waals surface area contributed by atoms with Gasteiger partial charge in [-0.15, -0.1) is 0 Å². The first-order valence-corrected chi connectivity index (χ1v) is 12.4. The summed E-state index contributed by atoms with van der Waals surface area (Å²) in [6.45, 7) is 2.85. The summed E-state index contributed by atoms with van der Waals surface area (Å²) in [7, 11) is 0. The number of halogens is 1. The molecule has 0 unspecified atom stereocenters. The third-order valence-corrected chi connectivity index (χ3v) is 8.32. The van der Waals surface area contributed by atoms with Gasteiger partial charge in [0.1, 0.15) is 12.1 Å². The Balaban J connectivity index is 0.992. The van der Waals surface area contributed by atoms with Crippen LogP contribution >= 0.6 is 0 Å². The summed E-state index contributed by atoms with van der Waals surface area (Å²) in [4.78, 5) is 33.6. The third kappa shape index (κ3) is 3.84. The number of nitrogens with two attached hydrogens (primary N) is 1. The molecule has 0 bridgehead atoms. The highest BCUT2D eigenvalue weighted by molar-refractivity contribution is 5.82. The fraction of sp³-hybridized carbons (Fsp3) is 0.600. The van der Waals surface area contributed by atoms with Gasteiger partial charge in [0.05, 0.1) is 12.0 Å². The SMILES string of the molecule is NC(=O)[C@H](c1ccc(F)cc1)C1CCN(C(=O)N2CC3(CC(n4cnc(C5CC5)n4)C3)C2)CC1. The van der Waals surface area contributed by atoms with E-state index in [-0.39, 0.29) is 23.2 Å². The summed E-state index contributed by atoms with van der Waals surface area (Å²) < 4.78 is 15.3. The van der Waals surface area contributed by atoms with Crippen molar-refractivity contribution in [2.45, 2.75) is 56.4 Å². The van der Waals surface area contributed by atoms with Gasteiger partial charge in [0.15, 0.2) is 5.82 Å². The Kier molecular flexibility index (Phi) is 5.11. The standard InChI is InChI=1S/C25H31FN6O2/c26-19-5-3-16(4-6-19)21(22(27)33)17-7-9-30(10-8-17)24(34)31-13-25(14-31)11-20(12-25)32-15-28-23(29-32)18-1-2-18/h3-6,15,17-18,20-21H,1-2,7-14H2,(H2,27,33)/t21-/m1/s1. The highest BCUT2D eigenvalue weighted by Crippen LogP contribution is 2.54. The summed E-state index contributed by atoms with van der Waals surface area (Å²) in [6.07, 6.45) is 7.85. The molecule has 6 rings (SSSR count). The monoisotopic (exact) mass is 466 g/mol. The number of carbonyl (C=O) groups excluding carboxylic acids is 2. The van der Waals surface area contributed by atoms with Gasteiger partial charge in [0.25, 0.3) is 0 Å². The van der Waals surface area contributed by atoms with Gasteiger partial charge in [-0.1, -0.05) is 12.1 Å². The molecule has 1 aromatic heterocycles. The van der Waals surface area contributed by atoms with Crippen molar-refractivity contribution in [3.05, 3.63) is 47.8 Å². The van der Waals surface area contributed by atoms with E-state index in [4.69, 9.17) is 5.73 Å². The van der Waals surface area contributed by atoms with Gasteiger partial charge in [-0.3, -0.25) is 4.79 Å². The largest absolute Gasteiger partial charge is 0.369 e. The van der Waals surface area contributed by atoms with Gasteiger partial charge in [-0.2, -0.15) is 5.10 Å². The molecule has 2 aliphatic heterocycles. The van der Waals surface area contributed by atoms with Crippen LogP contribution in [0.5, 0.6) is 0 Å². The van der Waals surface area contributed by atoms with E-state index in [0.717, 1.165) is 37.3 Å². The number of amides is 3. The van der Waals surface area contributed by atoms with Crippen LogP contribution in [0, 0.1) is 17.2 Å². The van der Waals surface area contributed by atoms with Crippen molar-refractivity contribution in [3.8, 4) is 0 Å². The van der Waals surface area contributed by atoms with Gasteiger partial charge in [-0.05, 0) is 62.1 Å². The second-order valence-electron chi connectivity index (χ2n) is 10.8. The lowest BCUT2D eigenvalue weighted by atomic mass is 9.61. The van der Waals surface area contributed by atoms with E-state index in [1.165, 1.54) is 25.0 Å². The van der Waals surface area contributed by atoms with E-state index in [0.29, 0.717) is 37.9 Å². The minimum Gasteiger partial charge on any atom is -0.369 e. The number of hydrogen-bond donors (Lipinski definition) is 1. The van der Waals surface area contributed by atoms with Gasteiger partial charge in [0.2, 0.25) is 5.91 Å². The van der Waals surface area contributed by atoms with E-state index in [1.54, 1.807) is 12.1 Å². The molecule has 4 fully saturated rings. The van der Waals surface area contributed by atoms with Crippen LogP contribution < -0.4 is 5.73 Å². The number of piperidine rings is 1. The minimum absolute atomic E-state index is 0.0605. The first kappa shape index (κ1) is 21.6. The quantitative estimate of drug-likeness (QED) is 0.732. The number of benzene rings is 1. The molecule has 2 saturated heterocycles. The predicted molar refractivity (Wildman–Crippen MR) is 122 cm³/mol. The second-order valence-corrected chi connectivity index (χ2v) is 10.8. The van der Waals surface area contributed by atoms with Crippen LogP contribution in [0.25, 0.3) is 0 Å². The average molecular weight is 467 g/mol. The zero-order chi connectivity index (χ0) is 23.4. The molecule has 34 heavy (non-hydrogen) atoms. The van der Waals surface area contributed by atoms with Crippen LogP contribution in [-0.4, -0.2) is 62.7 Å². The first-order valence-electron chi connectivity index (χ1n) is 12.4. The van der Waals surface area contributed by atoms with Crippen LogP contribution in [0.3, 0.4) is 0 Å². The summed E-state index contributed by atoms with van der Waals surface area (Å²) in [5, 5.41) is 4.67. The second kappa shape index (κ2) is 8.06. The number of rotatable bonds is 5. The molecule has 1 aromatic carbocycles. The molecule has 4 aliphatic rings. The average Bonchev–Trinajstić information content (AvgIpc) is 3.51. The van der Waals surface area contributed by atoms with E-state index < -0.39 is 11.8 Å². The van der Waals surface area contributed by atoms with Gasteiger partial charge >= 0.3 is 6.03 Å². The number of nitrogens with zero attached hydrogens (tertiary/aromatic N) is 5. The van der Waals surface area contributed by atoms with Gasteiger partial charge in [0, 0.05) is 37.5 Å². The molecule has 1 spiro atoms. The van der Waals surface area contributed by atoms with Crippen molar-refractivity contribution in [3.63, 3.8) is 0 Å². The molecule has 3 heterocycles. The smallest absolute Gasteiger partial charge is 0.320 e. The van der Waals surface area contributed by atoms with Crippen LogP contribution in [0.1, 0.15) is 67.8 Å². The molecule has 9 heteroatoms. The highest BCUT2D eigenvalue weighted by Gasteiger charge is 2.55. The van der Waals surface area contributed by atoms with Crippen LogP contribution in [0.4, 0.5) is 9.18 Å². The fourth-order valence-electron chi connectivity index (χ4n) is 6.24. The lowest BCUT2D eigenvalue weighted by Crippen LogP contribution is -2.66. The van der Waals surface area contributed by atoms with Crippen molar-refractivity contribution >= 4 is 11.9 Å². The van der Waals surface area contributed by atoms with E-state index in [2.05, 4.69) is 10.1 Å². The Bertz CT molecular complexity index is 1080. The number of urea groups is 1. The van der Waals surface area contributed by atoms with Crippen LogP contribution in [-0.2, 0) is 4.79 Å². The first-order chi connectivity index (χ1) is 16.4. The zero-order valence-corrected chi connectivity index (χ0v) is 19.3. The number of likely N-dealkylation sites (tertiary alicyclic amines) is 2. The predicted octanol–water partition coefficient (Wildman–Crippen LogP) is 3.03. The summed E-state index contributed by atoms with van der Waals surface area (Å²) in [6, 6.07) is 6.51. The summed E-state index contributed by atoms with van der Waals surface area (Å²) >= 11 is 0. The lowest BCUT2D eigenvalue weighted by molar-refractivity contribution is -0.121. The Hall–Kier alpha value is -2.97. The van der Waals surface area contributed by atoms with E-state index in [1.807, 2.05) is 20.8 Å². The molecule has 180 valence electrons. The molecular weight excluding hydrogens is 435 g/mol. The number of hydrogen-bond acceptors (Lipinski definition) is 4. The Morgan fingerprint density at radius 2 is 1.71 bits per heavy atom. The minimum atomic E-state index is -0.450. The van der Waals surface area contributed by atoms with E-state index >= 15 is 0 Å². The molecule has 0 radical (unpaired) electrons. The van der Waals surface area contributed by atoms with Crippen molar-refractivity contribution in [1.82, 2.24) is 24.6 Å². The van der Waals surface area contributed by atoms with Crippen molar-refractivity contribution in [2.75, 3.05) is 26.2 Å². The number of primary amides is 1. The molecular formula is C25H31FN6O2. The zero-order valence-electron chi connectivity index (χ0n) is 19.3. The lowest BCUT2D eigenvalue weighted by Gasteiger charge is -2.59. The maximum Gasteiger partial charge on any atom is 0.320 e. The third-order valence-electron chi connectivity index (χ3n) is 8.32. The molecule has 1 atom stereocenters. The molecule has 3 amide bonds. The normalized spacial score (nSPS) is 23.4. The number of aromatic nitrogens is 3. The number of carbonyl (C=O) groups is 2.